The highest BCUT2D eigenvalue weighted by Gasteiger charge is 2.22. The van der Waals surface area contributed by atoms with Gasteiger partial charge in [-0.05, 0) is 23.3 Å². The van der Waals surface area contributed by atoms with Crippen LogP contribution in [0.15, 0.2) is 65.7 Å². The zero-order valence-electron chi connectivity index (χ0n) is 8.92. The molecule has 4 heteroatoms. The highest BCUT2D eigenvalue weighted by Crippen LogP contribution is 2.31. The maximum Gasteiger partial charge on any atom is 0.257 e. The van der Waals surface area contributed by atoms with Gasteiger partial charge in [0, 0.05) is 11.8 Å². The molecule has 1 N–H and O–H groups in total. The van der Waals surface area contributed by atoms with E-state index in [-0.39, 0.29) is 5.91 Å². The molecule has 4 nitrogen and oxygen atoms in total. The number of aromatic nitrogens is 2. The van der Waals surface area contributed by atoms with Crippen molar-refractivity contribution in [3.05, 3.63) is 65.7 Å². The van der Waals surface area contributed by atoms with Gasteiger partial charge < -0.3 is 5.32 Å². The van der Waals surface area contributed by atoms with Crippen molar-refractivity contribution in [2.75, 3.05) is 5.32 Å². The molecule has 0 atom stereocenters. The van der Waals surface area contributed by atoms with E-state index in [4.69, 9.17) is 0 Å². The van der Waals surface area contributed by atoms with Crippen LogP contribution in [0, 0.1) is 0 Å². The molecule has 0 saturated carbocycles. The van der Waals surface area contributed by atoms with Crippen LogP contribution in [0.1, 0.15) is 0 Å². The van der Waals surface area contributed by atoms with E-state index in [0.717, 1.165) is 11.1 Å². The highest BCUT2D eigenvalue weighted by atomic mass is 16.1. The Balaban J connectivity index is 1.77. The monoisotopic (exact) mass is 223 g/mol. The Bertz CT molecular complexity index is 594. The van der Waals surface area contributed by atoms with E-state index < -0.39 is 0 Å². The minimum absolute atomic E-state index is 0.148. The van der Waals surface area contributed by atoms with Crippen molar-refractivity contribution >= 4 is 11.7 Å². The van der Waals surface area contributed by atoms with E-state index in [2.05, 4.69) is 15.3 Å². The summed E-state index contributed by atoms with van der Waals surface area (Å²) in [5, 5.41) is 2.74. The van der Waals surface area contributed by atoms with Crippen molar-refractivity contribution in [1.82, 2.24) is 9.97 Å². The van der Waals surface area contributed by atoms with Crippen LogP contribution in [0.2, 0.25) is 0 Å². The quantitative estimate of drug-likeness (QED) is 0.831. The second-order valence-electron chi connectivity index (χ2n) is 3.69. The van der Waals surface area contributed by atoms with Crippen LogP contribution in [-0.2, 0) is 4.79 Å². The lowest BCUT2D eigenvalue weighted by atomic mass is 10.1. The zero-order chi connectivity index (χ0) is 11.7. The van der Waals surface area contributed by atoms with Crippen molar-refractivity contribution in [2.45, 2.75) is 0 Å². The molecule has 0 radical (unpaired) electrons. The van der Waals surface area contributed by atoms with Gasteiger partial charge in [0.15, 0.2) is 0 Å². The predicted octanol–water partition coefficient (Wildman–Crippen LogP) is 1.78. The van der Waals surface area contributed by atoms with Gasteiger partial charge in [-0.25, -0.2) is 9.97 Å². The van der Waals surface area contributed by atoms with E-state index in [1.807, 2.05) is 30.4 Å². The van der Waals surface area contributed by atoms with Crippen LogP contribution in [0.3, 0.4) is 0 Å². The first-order chi connectivity index (χ1) is 8.34. The zero-order valence-corrected chi connectivity index (χ0v) is 8.92. The maximum absolute atomic E-state index is 12.0. The third kappa shape index (κ3) is 1.69. The van der Waals surface area contributed by atoms with Gasteiger partial charge in [-0.3, -0.25) is 4.79 Å². The topological polar surface area (TPSA) is 54.9 Å². The van der Waals surface area contributed by atoms with Gasteiger partial charge >= 0.3 is 0 Å². The first kappa shape index (κ1) is 9.72. The fourth-order valence-electron chi connectivity index (χ4n) is 1.83. The summed E-state index contributed by atoms with van der Waals surface area (Å²) in [6.07, 6.45) is 12.6. The molecule has 1 aromatic heterocycles. The minimum Gasteiger partial charge on any atom is -0.306 e. The average Bonchev–Trinajstić information content (AvgIpc) is 2.91. The summed E-state index contributed by atoms with van der Waals surface area (Å²) in [6, 6.07) is 1.66. The number of nitrogens with one attached hydrogen (secondary N) is 1. The molecule has 3 rings (SSSR count). The maximum atomic E-state index is 12.0. The Morgan fingerprint density at radius 3 is 3.00 bits per heavy atom. The van der Waals surface area contributed by atoms with E-state index in [0.29, 0.717) is 11.4 Å². The van der Waals surface area contributed by atoms with Gasteiger partial charge in [-0.1, -0.05) is 24.3 Å². The summed E-state index contributed by atoms with van der Waals surface area (Å²) in [6.45, 7) is 0. The second kappa shape index (κ2) is 3.83. The molecule has 0 unspecified atom stereocenters. The normalized spacial score (nSPS) is 16.1. The Hall–Kier alpha value is -2.49. The Labute approximate surface area is 98.1 Å². The van der Waals surface area contributed by atoms with Crippen LogP contribution in [0.5, 0.6) is 0 Å². The molecule has 0 bridgehead atoms. The van der Waals surface area contributed by atoms with Crippen molar-refractivity contribution in [2.24, 2.45) is 0 Å². The van der Waals surface area contributed by atoms with Gasteiger partial charge in [-0.15, -0.1) is 0 Å². The van der Waals surface area contributed by atoms with Crippen molar-refractivity contribution in [1.29, 1.82) is 0 Å². The average molecular weight is 223 g/mol. The molecule has 17 heavy (non-hydrogen) atoms. The number of nitrogens with zero attached hydrogens (tertiary/aromatic N) is 2. The summed E-state index contributed by atoms with van der Waals surface area (Å²) < 4.78 is 0. The molecular formula is C13H9N3O. The number of hydrogen-bond donors (Lipinski definition) is 1. The summed E-state index contributed by atoms with van der Waals surface area (Å²) in [7, 11) is 0. The number of allylic oxidation sites excluding steroid dienone is 6. The molecular weight excluding hydrogens is 214 g/mol. The van der Waals surface area contributed by atoms with Gasteiger partial charge in [0.1, 0.15) is 12.1 Å². The Morgan fingerprint density at radius 2 is 2.18 bits per heavy atom. The molecule has 82 valence electrons. The number of carbonyl (C=O) groups excluding carboxylic acids is 1. The molecule has 1 amide bonds. The molecule has 1 aromatic rings. The van der Waals surface area contributed by atoms with E-state index >= 15 is 0 Å². The molecule has 1 heterocycles. The van der Waals surface area contributed by atoms with Crippen LogP contribution < -0.4 is 5.32 Å². The SMILES string of the molecule is O=C(Nc1ccncn1)C1=CC=C2C=CC=C21. The van der Waals surface area contributed by atoms with Crippen molar-refractivity contribution in [3.63, 3.8) is 0 Å². The Morgan fingerprint density at radius 1 is 1.24 bits per heavy atom. The second-order valence-corrected chi connectivity index (χ2v) is 3.69. The fourth-order valence-corrected chi connectivity index (χ4v) is 1.83. The predicted molar refractivity (Wildman–Crippen MR) is 64.1 cm³/mol. The molecule has 0 aliphatic heterocycles. The number of amides is 1. The van der Waals surface area contributed by atoms with Gasteiger partial charge in [-0.2, -0.15) is 0 Å². The number of anilines is 1. The molecule has 0 spiro atoms. The van der Waals surface area contributed by atoms with Crippen LogP contribution in [-0.4, -0.2) is 15.9 Å². The molecule has 0 saturated heterocycles. The van der Waals surface area contributed by atoms with Gasteiger partial charge in [0.05, 0.1) is 0 Å². The summed E-state index contributed by atoms with van der Waals surface area (Å²) in [4.78, 5) is 19.8. The fraction of sp³-hybridized carbons (Fsp3) is 0. The lowest BCUT2D eigenvalue weighted by Gasteiger charge is -2.06. The van der Waals surface area contributed by atoms with E-state index in [9.17, 15) is 4.79 Å². The third-order valence-corrected chi connectivity index (χ3v) is 2.64. The number of fused-ring (bicyclic) bond motifs is 1. The molecule has 2 aliphatic carbocycles. The number of hydrogen-bond acceptors (Lipinski definition) is 3. The molecule has 0 aromatic carbocycles. The number of carbonyl (C=O) groups is 1. The van der Waals surface area contributed by atoms with Crippen LogP contribution >= 0.6 is 0 Å². The molecule has 0 fully saturated rings. The smallest absolute Gasteiger partial charge is 0.257 e. The Kier molecular flexibility index (Phi) is 2.19. The van der Waals surface area contributed by atoms with E-state index in [1.165, 1.54) is 6.33 Å². The number of rotatable bonds is 2. The molecule has 2 aliphatic rings. The van der Waals surface area contributed by atoms with Crippen molar-refractivity contribution < 1.29 is 4.79 Å². The van der Waals surface area contributed by atoms with Gasteiger partial charge in [0.2, 0.25) is 0 Å². The first-order valence-electron chi connectivity index (χ1n) is 5.23. The lowest BCUT2D eigenvalue weighted by Crippen LogP contribution is -2.15. The minimum atomic E-state index is -0.148. The lowest BCUT2D eigenvalue weighted by molar-refractivity contribution is -0.112. The summed E-state index contributed by atoms with van der Waals surface area (Å²) >= 11 is 0. The third-order valence-electron chi connectivity index (χ3n) is 2.64. The van der Waals surface area contributed by atoms with Crippen molar-refractivity contribution in [3.8, 4) is 0 Å². The standard InChI is InChI=1S/C13H9N3O/c17-13(16-12-6-7-14-8-15-12)11-5-4-9-2-1-3-10(9)11/h1-8H,(H,14,15,16,17). The largest absolute Gasteiger partial charge is 0.306 e. The van der Waals surface area contributed by atoms with Gasteiger partial charge in [0.25, 0.3) is 5.91 Å². The van der Waals surface area contributed by atoms with E-state index in [1.54, 1.807) is 12.3 Å². The van der Waals surface area contributed by atoms with Crippen LogP contribution in [0.4, 0.5) is 5.82 Å². The summed E-state index contributed by atoms with van der Waals surface area (Å²) in [5.41, 5.74) is 2.72. The van der Waals surface area contributed by atoms with Crippen LogP contribution in [0.25, 0.3) is 0 Å². The first-order valence-corrected chi connectivity index (χ1v) is 5.23. The summed E-state index contributed by atoms with van der Waals surface area (Å²) in [5.74, 6) is 0.357. The highest BCUT2D eigenvalue weighted by molar-refractivity contribution is 6.09.